The van der Waals surface area contributed by atoms with Crippen molar-refractivity contribution in [2.24, 2.45) is 0 Å². The SMILES string of the molecule is CCc1noc(C)c1C(=O)N[C@H](C)c1ccc(S(C)(=O)=O)cc1. The number of nitrogens with zero attached hydrogens (tertiary/aromatic N) is 1. The number of aromatic nitrogens is 1. The Labute approximate surface area is 135 Å². The lowest BCUT2D eigenvalue weighted by Gasteiger charge is -2.14. The van der Waals surface area contributed by atoms with Gasteiger partial charge in [-0.1, -0.05) is 24.2 Å². The highest BCUT2D eigenvalue weighted by Crippen LogP contribution is 2.19. The van der Waals surface area contributed by atoms with Crippen LogP contribution in [0.1, 0.15) is 47.3 Å². The molecule has 0 fully saturated rings. The average Bonchev–Trinajstić information content (AvgIpc) is 2.87. The zero-order valence-electron chi connectivity index (χ0n) is 13.6. The maximum atomic E-state index is 12.4. The van der Waals surface area contributed by atoms with E-state index in [9.17, 15) is 13.2 Å². The monoisotopic (exact) mass is 336 g/mol. The van der Waals surface area contributed by atoms with E-state index in [0.29, 0.717) is 23.4 Å². The summed E-state index contributed by atoms with van der Waals surface area (Å²) in [4.78, 5) is 12.7. The molecule has 1 heterocycles. The number of hydrogen-bond donors (Lipinski definition) is 1. The van der Waals surface area contributed by atoms with Gasteiger partial charge in [-0.3, -0.25) is 4.79 Å². The second-order valence-electron chi connectivity index (χ2n) is 5.45. The lowest BCUT2D eigenvalue weighted by Crippen LogP contribution is -2.27. The van der Waals surface area contributed by atoms with Crippen LogP contribution in [0.5, 0.6) is 0 Å². The van der Waals surface area contributed by atoms with E-state index in [1.54, 1.807) is 19.1 Å². The van der Waals surface area contributed by atoms with Gasteiger partial charge in [0.25, 0.3) is 5.91 Å². The first-order valence-electron chi connectivity index (χ1n) is 7.30. The fourth-order valence-corrected chi connectivity index (χ4v) is 2.94. The third-order valence-electron chi connectivity index (χ3n) is 3.65. The summed E-state index contributed by atoms with van der Waals surface area (Å²) in [6, 6.07) is 6.20. The Morgan fingerprint density at radius 2 is 1.91 bits per heavy atom. The lowest BCUT2D eigenvalue weighted by atomic mass is 10.1. The fourth-order valence-electron chi connectivity index (χ4n) is 2.31. The normalized spacial score (nSPS) is 12.9. The van der Waals surface area contributed by atoms with Crippen molar-refractivity contribution in [3.05, 3.63) is 46.8 Å². The van der Waals surface area contributed by atoms with E-state index >= 15 is 0 Å². The summed E-state index contributed by atoms with van der Waals surface area (Å²) >= 11 is 0. The number of amides is 1. The Morgan fingerprint density at radius 3 is 2.43 bits per heavy atom. The summed E-state index contributed by atoms with van der Waals surface area (Å²) < 4.78 is 28.0. The second kappa shape index (κ2) is 6.54. The van der Waals surface area contributed by atoms with Crippen LogP contribution < -0.4 is 5.32 Å². The maximum absolute atomic E-state index is 12.4. The van der Waals surface area contributed by atoms with Gasteiger partial charge in [-0.15, -0.1) is 0 Å². The molecule has 1 atom stereocenters. The molecule has 0 radical (unpaired) electrons. The summed E-state index contributed by atoms with van der Waals surface area (Å²) in [6.07, 6.45) is 1.77. The molecule has 124 valence electrons. The van der Waals surface area contributed by atoms with Gasteiger partial charge in [-0.05, 0) is 38.0 Å². The summed E-state index contributed by atoms with van der Waals surface area (Å²) in [7, 11) is -3.23. The van der Waals surface area contributed by atoms with Crippen LogP contribution in [0, 0.1) is 6.92 Å². The molecule has 6 nitrogen and oxygen atoms in total. The van der Waals surface area contributed by atoms with Crippen LogP contribution in [0.3, 0.4) is 0 Å². The third-order valence-corrected chi connectivity index (χ3v) is 4.78. The molecule has 0 bridgehead atoms. The van der Waals surface area contributed by atoms with Crippen molar-refractivity contribution in [3.8, 4) is 0 Å². The highest BCUT2D eigenvalue weighted by Gasteiger charge is 2.21. The smallest absolute Gasteiger partial charge is 0.257 e. The molecule has 0 saturated carbocycles. The summed E-state index contributed by atoms with van der Waals surface area (Å²) in [5.41, 5.74) is 1.91. The van der Waals surface area contributed by atoms with E-state index in [1.165, 1.54) is 12.1 Å². The van der Waals surface area contributed by atoms with Gasteiger partial charge >= 0.3 is 0 Å². The number of benzene rings is 1. The van der Waals surface area contributed by atoms with E-state index in [2.05, 4.69) is 10.5 Å². The number of nitrogens with one attached hydrogen (secondary N) is 1. The summed E-state index contributed by atoms with van der Waals surface area (Å²) in [6.45, 7) is 5.44. The van der Waals surface area contributed by atoms with Crippen LogP contribution in [-0.2, 0) is 16.3 Å². The molecule has 23 heavy (non-hydrogen) atoms. The molecule has 0 aliphatic rings. The van der Waals surface area contributed by atoms with Gasteiger partial charge in [-0.25, -0.2) is 8.42 Å². The standard InChI is InChI=1S/C16H20N2O4S/c1-5-14-15(11(3)22-18-14)16(19)17-10(2)12-6-8-13(9-7-12)23(4,20)21/h6-10H,5H2,1-4H3,(H,17,19)/t10-/m1/s1. The largest absolute Gasteiger partial charge is 0.361 e. The van der Waals surface area contributed by atoms with E-state index in [4.69, 9.17) is 4.52 Å². The Morgan fingerprint density at radius 1 is 1.30 bits per heavy atom. The van der Waals surface area contributed by atoms with Crippen molar-refractivity contribution in [2.75, 3.05) is 6.26 Å². The highest BCUT2D eigenvalue weighted by atomic mass is 32.2. The van der Waals surface area contributed by atoms with Crippen molar-refractivity contribution in [1.29, 1.82) is 0 Å². The lowest BCUT2D eigenvalue weighted by molar-refractivity contribution is 0.0937. The fraction of sp³-hybridized carbons (Fsp3) is 0.375. The molecule has 0 saturated heterocycles. The molecule has 0 aliphatic heterocycles. The molecule has 1 amide bonds. The summed E-state index contributed by atoms with van der Waals surface area (Å²) in [5.74, 6) is 0.235. The Hall–Kier alpha value is -2.15. The molecule has 7 heteroatoms. The molecular formula is C16H20N2O4S. The van der Waals surface area contributed by atoms with E-state index in [1.807, 2.05) is 13.8 Å². The van der Waals surface area contributed by atoms with Gasteiger partial charge in [0.05, 0.1) is 16.6 Å². The molecule has 0 unspecified atom stereocenters. The Bertz CT molecular complexity index is 807. The first kappa shape index (κ1) is 17.2. The minimum absolute atomic E-state index is 0.250. The summed E-state index contributed by atoms with van der Waals surface area (Å²) in [5, 5.41) is 6.76. The van der Waals surface area contributed by atoms with Crippen LogP contribution in [0.15, 0.2) is 33.7 Å². The van der Waals surface area contributed by atoms with Crippen molar-refractivity contribution in [2.45, 2.75) is 38.1 Å². The molecule has 1 aromatic heterocycles. The van der Waals surface area contributed by atoms with E-state index < -0.39 is 9.84 Å². The van der Waals surface area contributed by atoms with Crippen LogP contribution in [0.25, 0.3) is 0 Å². The first-order valence-corrected chi connectivity index (χ1v) is 9.19. The first-order chi connectivity index (χ1) is 10.7. The molecule has 0 aliphatic carbocycles. The molecule has 1 aromatic carbocycles. The maximum Gasteiger partial charge on any atom is 0.257 e. The van der Waals surface area contributed by atoms with Crippen LogP contribution in [0.2, 0.25) is 0 Å². The van der Waals surface area contributed by atoms with E-state index in [0.717, 1.165) is 11.8 Å². The Kier molecular flexibility index (Phi) is 4.89. The third kappa shape index (κ3) is 3.79. The molecular weight excluding hydrogens is 316 g/mol. The topological polar surface area (TPSA) is 89.3 Å². The minimum atomic E-state index is -3.23. The van der Waals surface area contributed by atoms with Crippen LogP contribution in [-0.4, -0.2) is 25.7 Å². The zero-order chi connectivity index (χ0) is 17.2. The number of carbonyl (C=O) groups excluding carboxylic acids is 1. The van der Waals surface area contributed by atoms with Crippen LogP contribution in [0.4, 0.5) is 0 Å². The van der Waals surface area contributed by atoms with Gasteiger partial charge < -0.3 is 9.84 Å². The van der Waals surface area contributed by atoms with Gasteiger partial charge in [0.1, 0.15) is 11.3 Å². The predicted octanol–water partition coefficient (Wildman–Crippen LogP) is 2.44. The number of sulfone groups is 1. The van der Waals surface area contributed by atoms with Gasteiger partial charge in [0.2, 0.25) is 0 Å². The Balaban J connectivity index is 2.17. The van der Waals surface area contributed by atoms with Gasteiger partial charge in [-0.2, -0.15) is 0 Å². The molecule has 1 N–H and O–H groups in total. The average molecular weight is 336 g/mol. The predicted molar refractivity (Wildman–Crippen MR) is 86.1 cm³/mol. The molecule has 2 aromatic rings. The number of carbonyl (C=O) groups is 1. The quantitative estimate of drug-likeness (QED) is 0.906. The number of rotatable bonds is 5. The molecule has 0 spiro atoms. The highest BCUT2D eigenvalue weighted by molar-refractivity contribution is 7.90. The van der Waals surface area contributed by atoms with Crippen molar-refractivity contribution < 1.29 is 17.7 Å². The van der Waals surface area contributed by atoms with Crippen LogP contribution >= 0.6 is 0 Å². The molecule has 2 rings (SSSR count). The number of aryl methyl sites for hydroxylation is 2. The van der Waals surface area contributed by atoms with Gasteiger partial charge in [0.15, 0.2) is 9.84 Å². The van der Waals surface area contributed by atoms with E-state index in [-0.39, 0.29) is 16.8 Å². The van der Waals surface area contributed by atoms with Gasteiger partial charge in [0, 0.05) is 6.26 Å². The minimum Gasteiger partial charge on any atom is -0.361 e. The number of hydrogen-bond acceptors (Lipinski definition) is 5. The van der Waals surface area contributed by atoms with Crippen molar-refractivity contribution >= 4 is 15.7 Å². The van der Waals surface area contributed by atoms with Crippen molar-refractivity contribution in [3.63, 3.8) is 0 Å². The second-order valence-corrected chi connectivity index (χ2v) is 7.47. The van der Waals surface area contributed by atoms with Crippen molar-refractivity contribution in [1.82, 2.24) is 10.5 Å². The zero-order valence-corrected chi connectivity index (χ0v) is 14.4.